The van der Waals surface area contributed by atoms with Gasteiger partial charge in [-0.3, -0.25) is 4.79 Å². The number of nitrogens with one attached hydrogen (secondary N) is 1. The van der Waals surface area contributed by atoms with E-state index >= 15 is 0 Å². The first-order chi connectivity index (χ1) is 9.41. The fraction of sp³-hybridized carbons (Fsp3) is 0.400. The summed E-state index contributed by atoms with van der Waals surface area (Å²) in [5, 5.41) is 12.5. The topological polar surface area (TPSA) is 49.3 Å². The van der Waals surface area contributed by atoms with Crippen molar-refractivity contribution < 1.29 is 18.7 Å². The third-order valence-corrected chi connectivity index (χ3v) is 3.31. The van der Waals surface area contributed by atoms with Gasteiger partial charge in [0.25, 0.3) is 0 Å². The number of hydrogen-bond donors (Lipinski definition) is 2. The van der Waals surface area contributed by atoms with Gasteiger partial charge in [0.15, 0.2) is 0 Å². The van der Waals surface area contributed by atoms with Crippen LogP contribution in [-0.2, 0) is 4.79 Å². The van der Waals surface area contributed by atoms with E-state index in [0.717, 1.165) is 24.3 Å². The highest BCUT2D eigenvalue weighted by Gasteiger charge is 2.22. The van der Waals surface area contributed by atoms with Crippen LogP contribution >= 0.6 is 0 Å². The molecule has 20 heavy (non-hydrogen) atoms. The van der Waals surface area contributed by atoms with Gasteiger partial charge in [-0.15, -0.1) is 0 Å². The summed E-state index contributed by atoms with van der Waals surface area (Å²) < 4.78 is 26.6. The van der Waals surface area contributed by atoms with Gasteiger partial charge in [-0.2, -0.15) is 0 Å². The molecule has 2 N–H and O–H groups in total. The molecule has 1 aromatic carbocycles. The Morgan fingerprint density at radius 1 is 1.30 bits per heavy atom. The predicted molar refractivity (Wildman–Crippen MR) is 73.9 cm³/mol. The van der Waals surface area contributed by atoms with Crippen molar-refractivity contribution in [1.82, 2.24) is 5.32 Å². The normalized spacial score (nSPS) is 11.8. The molecule has 0 radical (unpaired) electrons. The van der Waals surface area contributed by atoms with E-state index in [2.05, 4.69) is 5.32 Å². The first-order valence-corrected chi connectivity index (χ1v) is 6.54. The van der Waals surface area contributed by atoms with Gasteiger partial charge in [0.2, 0.25) is 5.91 Å². The summed E-state index contributed by atoms with van der Waals surface area (Å²) in [5.41, 5.74) is -1.21. The SMILES string of the molecule is CCC(O)(CC)CNC(=O)C=Cc1c(F)cccc1F. The van der Waals surface area contributed by atoms with Crippen LogP contribution < -0.4 is 5.32 Å². The fourth-order valence-corrected chi connectivity index (χ4v) is 1.64. The monoisotopic (exact) mass is 283 g/mol. The van der Waals surface area contributed by atoms with E-state index in [1.807, 2.05) is 13.8 Å². The fourth-order valence-electron chi connectivity index (χ4n) is 1.64. The predicted octanol–water partition coefficient (Wildman–Crippen LogP) is 2.65. The van der Waals surface area contributed by atoms with Crippen LogP contribution in [0.3, 0.4) is 0 Å². The first-order valence-electron chi connectivity index (χ1n) is 6.54. The Morgan fingerprint density at radius 3 is 2.35 bits per heavy atom. The summed E-state index contributed by atoms with van der Waals surface area (Å²) in [6.45, 7) is 3.74. The van der Waals surface area contributed by atoms with Crippen molar-refractivity contribution in [2.75, 3.05) is 6.54 Å². The number of benzene rings is 1. The Morgan fingerprint density at radius 2 is 1.85 bits per heavy atom. The molecule has 0 fully saturated rings. The molecule has 1 amide bonds. The van der Waals surface area contributed by atoms with Gasteiger partial charge in [0, 0.05) is 18.2 Å². The van der Waals surface area contributed by atoms with Crippen molar-refractivity contribution in [1.29, 1.82) is 0 Å². The largest absolute Gasteiger partial charge is 0.388 e. The lowest BCUT2D eigenvalue weighted by Gasteiger charge is -2.24. The number of amides is 1. The lowest BCUT2D eigenvalue weighted by Crippen LogP contribution is -2.41. The number of carbonyl (C=O) groups excluding carboxylic acids is 1. The van der Waals surface area contributed by atoms with Crippen molar-refractivity contribution in [3.05, 3.63) is 41.5 Å². The molecule has 0 heterocycles. The molecule has 0 aliphatic rings. The van der Waals surface area contributed by atoms with Gasteiger partial charge in [0.05, 0.1) is 5.60 Å². The molecule has 0 saturated carbocycles. The highest BCUT2D eigenvalue weighted by Crippen LogP contribution is 2.14. The summed E-state index contributed by atoms with van der Waals surface area (Å²) in [5.74, 6) is -1.96. The minimum Gasteiger partial charge on any atom is -0.388 e. The molecule has 0 atom stereocenters. The van der Waals surface area contributed by atoms with Crippen LogP contribution in [-0.4, -0.2) is 23.2 Å². The maximum atomic E-state index is 13.3. The van der Waals surface area contributed by atoms with Crippen LogP contribution in [0.1, 0.15) is 32.3 Å². The second-order valence-corrected chi connectivity index (χ2v) is 4.62. The molecule has 3 nitrogen and oxygen atoms in total. The number of rotatable bonds is 6. The number of carbonyl (C=O) groups is 1. The highest BCUT2D eigenvalue weighted by atomic mass is 19.1. The molecule has 1 aromatic rings. The van der Waals surface area contributed by atoms with E-state index in [-0.39, 0.29) is 12.1 Å². The van der Waals surface area contributed by atoms with Gasteiger partial charge in [-0.25, -0.2) is 8.78 Å². The summed E-state index contributed by atoms with van der Waals surface area (Å²) >= 11 is 0. The van der Waals surface area contributed by atoms with Crippen LogP contribution in [0.5, 0.6) is 0 Å². The average molecular weight is 283 g/mol. The number of aliphatic hydroxyl groups is 1. The smallest absolute Gasteiger partial charge is 0.244 e. The van der Waals surface area contributed by atoms with Crippen LogP contribution in [0.15, 0.2) is 24.3 Å². The molecule has 0 unspecified atom stereocenters. The molecule has 0 saturated heterocycles. The molecule has 0 aliphatic heterocycles. The van der Waals surface area contributed by atoms with Crippen LogP contribution in [0.25, 0.3) is 6.08 Å². The minimum absolute atomic E-state index is 0.100. The lowest BCUT2D eigenvalue weighted by atomic mass is 9.98. The summed E-state index contributed by atoms with van der Waals surface area (Å²) in [4.78, 5) is 11.6. The molecular weight excluding hydrogens is 264 g/mol. The quantitative estimate of drug-likeness (QED) is 0.789. The van der Waals surface area contributed by atoms with Crippen molar-refractivity contribution >= 4 is 12.0 Å². The van der Waals surface area contributed by atoms with Gasteiger partial charge in [0.1, 0.15) is 11.6 Å². The Kier molecular flexibility index (Phi) is 5.82. The maximum absolute atomic E-state index is 13.3. The summed E-state index contributed by atoms with van der Waals surface area (Å²) in [7, 11) is 0. The Hall–Kier alpha value is -1.75. The molecule has 0 aliphatic carbocycles. The van der Waals surface area contributed by atoms with Crippen LogP contribution in [0, 0.1) is 11.6 Å². The van der Waals surface area contributed by atoms with Gasteiger partial charge >= 0.3 is 0 Å². The molecule has 1 rings (SSSR count). The van der Waals surface area contributed by atoms with E-state index < -0.39 is 23.1 Å². The molecule has 0 spiro atoms. The maximum Gasteiger partial charge on any atom is 0.244 e. The Balaban J connectivity index is 2.65. The van der Waals surface area contributed by atoms with E-state index in [9.17, 15) is 18.7 Å². The second-order valence-electron chi connectivity index (χ2n) is 4.62. The van der Waals surface area contributed by atoms with E-state index in [1.165, 1.54) is 6.07 Å². The first kappa shape index (κ1) is 16.3. The number of halogens is 2. The van der Waals surface area contributed by atoms with Gasteiger partial charge in [-0.05, 0) is 31.1 Å². The minimum atomic E-state index is -0.952. The van der Waals surface area contributed by atoms with E-state index in [0.29, 0.717) is 12.8 Å². The molecule has 110 valence electrons. The van der Waals surface area contributed by atoms with Gasteiger partial charge < -0.3 is 10.4 Å². The van der Waals surface area contributed by atoms with Crippen molar-refractivity contribution in [3.8, 4) is 0 Å². The average Bonchev–Trinajstić information content (AvgIpc) is 2.44. The highest BCUT2D eigenvalue weighted by molar-refractivity contribution is 5.91. The van der Waals surface area contributed by atoms with Crippen LogP contribution in [0.4, 0.5) is 8.78 Å². The Labute approximate surface area is 117 Å². The lowest BCUT2D eigenvalue weighted by molar-refractivity contribution is -0.117. The summed E-state index contributed by atoms with van der Waals surface area (Å²) in [6, 6.07) is 3.49. The third kappa shape index (κ3) is 4.42. The molecular formula is C15H19F2NO2. The Bertz CT molecular complexity index is 476. The van der Waals surface area contributed by atoms with Crippen molar-refractivity contribution in [3.63, 3.8) is 0 Å². The van der Waals surface area contributed by atoms with Gasteiger partial charge in [-0.1, -0.05) is 19.9 Å². The summed E-state index contributed by atoms with van der Waals surface area (Å²) in [6.07, 6.45) is 3.15. The standard InChI is InChI=1S/C15H19F2NO2/c1-3-15(20,4-2)10-18-14(19)9-8-11-12(16)6-5-7-13(11)17/h5-9,20H,3-4,10H2,1-2H3,(H,18,19). The van der Waals surface area contributed by atoms with E-state index in [1.54, 1.807) is 0 Å². The number of hydrogen-bond acceptors (Lipinski definition) is 2. The zero-order valence-corrected chi connectivity index (χ0v) is 11.6. The zero-order chi connectivity index (χ0) is 15.2. The third-order valence-electron chi connectivity index (χ3n) is 3.31. The zero-order valence-electron chi connectivity index (χ0n) is 11.6. The molecule has 5 heteroatoms. The molecule has 0 aromatic heterocycles. The van der Waals surface area contributed by atoms with Crippen molar-refractivity contribution in [2.45, 2.75) is 32.3 Å². The van der Waals surface area contributed by atoms with Crippen LogP contribution in [0.2, 0.25) is 0 Å². The van der Waals surface area contributed by atoms with Crippen molar-refractivity contribution in [2.24, 2.45) is 0 Å². The second kappa shape index (κ2) is 7.14. The molecule has 0 bridgehead atoms. The van der Waals surface area contributed by atoms with E-state index in [4.69, 9.17) is 0 Å².